The molecule has 0 saturated carbocycles. The minimum absolute atomic E-state index is 0.130. The summed E-state index contributed by atoms with van der Waals surface area (Å²) in [5.41, 5.74) is 0.713. The third kappa shape index (κ3) is 3.52. The van der Waals surface area contributed by atoms with Gasteiger partial charge in [0.15, 0.2) is 0 Å². The van der Waals surface area contributed by atoms with E-state index in [9.17, 15) is 4.79 Å². The minimum Gasteiger partial charge on any atom is -0.351 e. The Kier molecular flexibility index (Phi) is 5.32. The van der Waals surface area contributed by atoms with E-state index >= 15 is 0 Å². The quantitative estimate of drug-likeness (QED) is 0.723. The highest BCUT2D eigenvalue weighted by molar-refractivity contribution is 6.18. The van der Waals surface area contributed by atoms with Crippen LogP contribution in [-0.4, -0.2) is 34.9 Å². The van der Waals surface area contributed by atoms with E-state index in [4.69, 9.17) is 16.1 Å². The number of aryl methyl sites for hydroxylation is 1. The summed E-state index contributed by atoms with van der Waals surface area (Å²) in [6.07, 6.45) is 2.01. The molecular weight excluding hydrogens is 228 g/mol. The highest BCUT2D eigenvalue weighted by Gasteiger charge is 2.18. The summed E-state index contributed by atoms with van der Waals surface area (Å²) in [5, 5.41) is 3.71. The lowest BCUT2D eigenvalue weighted by molar-refractivity contribution is 0.0721. The first-order valence-electron chi connectivity index (χ1n) is 5.47. The van der Waals surface area contributed by atoms with Crippen LogP contribution >= 0.6 is 11.6 Å². The lowest BCUT2D eigenvalue weighted by Gasteiger charge is -2.19. The van der Waals surface area contributed by atoms with Crippen LogP contribution in [0.15, 0.2) is 10.6 Å². The number of nitrogens with zero attached hydrogens (tertiary/aromatic N) is 2. The van der Waals surface area contributed by atoms with Crippen LogP contribution in [0.4, 0.5) is 0 Å². The first kappa shape index (κ1) is 13.0. The fourth-order valence-electron chi connectivity index (χ4n) is 1.39. The average molecular weight is 245 g/mol. The van der Waals surface area contributed by atoms with E-state index in [-0.39, 0.29) is 5.91 Å². The van der Waals surface area contributed by atoms with Gasteiger partial charge in [0.05, 0.1) is 5.69 Å². The fourth-order valence-corrected chi connectivity index (χ4v) is 1.59. The van der Waals surface area contributed by atoms with Crippen molar-refractivity contribution in [2.75, 3.05) is 19.0 Å². The molecule has 0 atom stereocenters. The van der Waals surface area contributed by atoms with Gasteiger partial charge >= 0.3 is 0 Å². The Morgan fingerprint density at radius 3 is 2.81 bits per heavy atom. The van der Waals surface area contributed by atoms with Crippen molar-refractivity contribution >= 4 is 17.5 Å². The molecule has 0 aliphatic carbocycles. The Morgan fingerprint density at radius 1 is 1.56 bits per heavy atom. The largest absolute Gasteiger partial charge is 0.351 e. The van der Waals surface area contributed by atoms with Crippen LogP contribution in [0.25, 0.3) is 0 Å². The maximum Gasteiger partial charge on any atom is 0.292 e. The smallest absolute Gasteiger partial charge is 0.292 e. The molecule has 1 aromatic heterocycles. The van der Waals surface area contributed by atoms with Gasteiger partial charge in [-0.05, 0) is 13.3 Å². The van der Waals surface area contributed by atoms with Gasteiger partial charge in [0.25, 0.3) is 5.91 Å². The molecule has 0 bridgehead atoms. The summed E-state index contributed by atoms with van der Waals surface area (Å²) in [6, 6.07) is 1.65. The van der Waals surface area contributed by atoms with Crippen LogP contribution in [0.3, 0.4) is 0 Å². The maximum atomic E-state index is 12.0. The number of hydrogen-bond donors (Lipinski definition) is 0. The molecule has 0 aromatic carbocycles. The topological polar surface area (TPSA) is 46.3 Å². The third-order valence-corrected chi connectivity index (χ3v) is 2.43. The van der Waals surface area contributed by atoms with Crippen LogP contribution in [0.5, 0.6) is 0 Å². The van der Waals surface area contributed by atoms with Crippen molar-refractivity contribution < 1.29 is 9.32 Å². The summed E-state index contributed by atoms with van der Waals surface area (Å²) in [6.45, 7) is 5.13. The zero-order valence-electron chi connectivity index (χ0n) is 9.70. The number of carbonyl (C=O) groups excluding carboxylic acids is 1. The van der Waals surface area contributed by atoms with E-state index in [2.05, 4.69) is 12.1 Å². The lowest BCUT2D eigenvalue weighted by atomic mass is 10.3. The molecule has 0 aliphatic heterocycles. The predicted octanol–water partition coefficient (Wildman–Crippen LogP) is 2.46. The molecule has 1 rings (SSSR count). The molecule has 1 amide bonds. The zero-order chi connectivity index (χ0) is 12.0. The van der Waals surface area contributed by atoms with Gasteiger partial charge in [0.2, 0.25) is 5.76 Å². The van der Waals surface area contributed by atoms with Crippen molar-refractivity contribution in [2.24, 2.45) is 0 Å². The third-order valence-electron chi connectivity index (χ3n) is 2.26. The van der Waals surface area contributed by atoms with Gasteiger partial charge < -0.3 is 9.42 Å². The minimum atomic E-state index is -0.130. The molecule has 0 radical (unpaired) electrons. The Balaban J connectivity index is 2.66. The number of aromatic nitrogens is 1. The summed E-state index contributed by atoms with van der Waals surface area (Å²) in [5.74, 6) is 0.594. The van der Waals surface area contributed by atoms with E-state index in [0.717, 1.165) is 12.8 Å². The van der Waals surface area contributed by atoms with E-state index < -0.39 is 0 Å². The number of amides is 1. The second-order valence-electron chi connectivity index (χ2n) is 3.67. The van der Waals surface area contributed by atoms with Crippen LogP contribution in [0, 0.1) is 6.92 Å². The number of alkyl halides is 1. The molecule has 5 heteroatoms. The molecule has 0 spiro atoms. The molecule has 16 heavy (non-hydrogen) atoms. The van der Waals surface area contributed by atoms with Crippen molar-refractivity contribution in [3.63, 3.8) is 0 Å². The van der Waals surface area contributed by atoms with E-state index in [1.54, 1.807) is 17.9 Å². The summed E-state index contributed by atoms with van der Waals surface area (Å²) < 4.78 is 4.95. The second-order valence-corrected chi connectivity index (χ2v) is 4.05. The Hall–Kier alpha value is -1.03. The standard InChI is InChI=1S/C11H17ClN2O2/c1-3-4-6-14(7-5-12)11(15)10-8-9(2)13-16-10/h8H,3-7H2,1-2H3. The van der Waals surface area contributed by atoms with Crippen molar-refractivity contribution in [1.29, 1.82) is 0 Å². The zero-order valence-corrected chi connectivity index (χ0v) is 10.5. The Morgan fingerprint density at radius 2 is 2.31 bits per heavy atom. The maximum absolute atomic E-state index is 12.0. The predicted molar refractivity (Wildman–Crippen MR) is 62.8 cm³/mol. The van der Waals surface area contributed by atoms with Crippen LogP contribution in [0.1, 0.15) is 36.0 Å². The number of rotatable bonds is 6. The van der Waals surface area contributed by atoms with Crippen LogP contribution in [-0.2, 0) is 0 Å². The molecule has 0 aliphatic rings. The summed E-state index contributed by atoms with van der Waals surface area (Å²) in [4.78, 5) is 13.7. The highest BCUT2D eigenvalue weighted by Crippen LogP contribution is 2.08. The number of carbonyl (C=O) groups is 1. The Labute approximate surface area is 101 Å². The monoisotopic (exact) mass is 244 g/mol. The number of unbranched alkanes of at least 4 members (excludes halogenated alkanes) is 1. The molecule has 90 valence electrons. The van der Waals surface area contributed by atoms with Crippen molar-refractivity contribution in [3.8, 4) is 0 Å². The van der Waals surface area contributed by atoms with Gasteiger partial charge in [-0.25, -0.2) is 0 Å². The molecule has 1 aromatic rings. The van der Waals surface area contributed by atoms with E-state index in [1.807, 2.05) is 0 Å². The van der Waals surface area contributed by atoms with E-state index in [0.29, 0.717) is 30.4 Å². The first-order valence-corrected chi connectivity index (χ1v) is 6.01. The highest BCUT2D eigenvalue weighted by atomic mass is 35.5. The summed E-state index contributed by atoms with van der Waals surface area (Å²) >= 11 is 5.67. The Bertz CT molecular complexity index is 338. The van der Waals surface area contributed by atoms with Crippen LogP contribution < -0.4 is 0 Å². The molecular formula is C11H17ClN2O2. The molecule has 0 N–H and O–H groups in total. The SMILES string of the molecule is CCCCN(CCCl)C(=O)c1cc(C)no1. The van der Waals surface area contributed by atoms with Gasteiger partial charge in [-0.3, -0.25) is 4.79 Å². The second kappa shape index (κ2) is 6.53. The van der Waals surface area contributed by atoms with E-state index in [1.165, 1.54) is 0 Å². The average Bonchev–Trinajstić information content (AvgIpc) is 2.70. The van der Waals surface area contributed by atoms with Crippen molar-refractivity contribution in [1.82, 2.24) is 10.1 Å². The molecule has 4 nitrogen and oxygen atoms in total. The molecule has 1 heterocycles. The molecule has 0 unspecified atom stereocenters. The van der Waals surface area contributed by atoms with Gasteiger partial charge in [-0.15, -0.1) is 11.6 Å². The van der Waals surface area contributed by atoms with Gasteiger partial charge in [0, 0.05) is 25.0 Å². The lowest BCUT2D eigenvalue weighted by Crippen LogP contribution is -2.33. The van der Waals surface area contributed by atoms with Gasteiger partial charge in [-0.1, -0.05) is 18.5 Å². The molecule has 0 saturated heterocycles. The van der Waals surface area contributed by atoms with Crippen LogP contribution in [0.2, 0.25) is 0 Å². The van der Waals surface area contributed by atoms with Crippen molar-refractivity contribution in [3.05, 3.63) is 17.5 Å². The summed E-state index contributed by atoms with van der Waals surface area (Å²) in [7, 11) is 0. The van der Waals surface area contributed by atoms with Crippen molar-refractivity contribution in [2.45, 2.75) is 26.7 Å². The number of halogens is 1. The van der Waals surface area contributed by atoms with Gasteiger partial charge in [-0.2, -0.15) is 0 Å². The molecule has 0 fully saturated rings. The number of hydrogen-bond acceptors (Lipinski definition) is 3. The first-order chi connectivity index (χ1) is 7.69. The van der Waals surface area contributed by atoms with Gasteiger partial charge in [0.1, 0.15) is 0 Å². The fraction of sp³-hybridized carbons (Fsp3) is 0.636. The normalized spacial score (nSPS) is 10.4.